The minimum absolute atomic E-state index is 0.0489. The van der Waals surface area contributed by atoms with E-state index in [1.54, 1.807) is 6.92 Å². The molecule has 0 bridgehead atoms. The minimum atomic E-state index is -0.791. The molecule has 0 saturated carbocycles. The second-order valence-corrected chi connectivity index (χ2v) is 10.2. The number of aliphatic hydroxyl groups is 2. The number of rotatable bonds is 7. The van der Waals surface area contributed by atoms with Crippen LogP contribution in [0.3, 0.4) is 0 Å². The van der Waals surface area contributed by atoms with Crippen molar-refractivity contribution in [3.63, 3.8) is 0 Å². The largest absolute Gasteiger partial charge is 0.479 e. The fourth-order valence-corrected chi connectivity index (χ4v) is 5.58. The quantitative estimate of drug-likeness (QED) is 0.570. The summed E-state index contributed by atoms with van der Waals surface area (Å²) in [6.07, 6.45) is 5.24. The Balaban J connectivity index is 1.46. The first-order valence-corrected chi connectivity index (χ1v) is 12.6. The van der Waals surface area contributed by atoms with Gasteiger partial charge in [0.15, 0.2) is 6.10 Å². The fourth-order valence-electron chi connectivity index (χ4n) is 5.58. The number of aryl methyl sites for hydroxylation is 1. The SMILES string of the molecule is Cc1ccccc1O[C@@H](C)C(=O)OC1CC(O)C=C2C=CC(C)C(CC[C@@H]3C[C@@H](O)CC(=O)O3)C21. The van der Waals surface area contributed by atoms with Crippen LogP contribution in [0.4, 0.5) is 0 Å². The molecular weight excluding hydrogens is 448 g/mol. The fraction of sp³-hybridized carbons (Fsp3) is 0.571. The highest BCUT2D eigenvalue weighted by Gasteiger charge is 2.43. The third-order valence-electron chi connectivity index (χ3n) is 7.43. The highest BCUT2D eigenvalue weighted by Crippen LogP contribution is 2.44. The first kappa shape index (κ1) is 25.5. The number of aliphatic hydroxyl groups excluding tert-OH is 2. The number of para-hydroxylation sites is 1. The van der Waals surface area contributed by atoms with Crippen molar-refractivity contribution >= 4 is 11.9 Å². The van der Waals surface area contributed by atoms with Gasteiger partial charge in [0.25, 0.3) is 0 Å². The van der Waals surface area contributed by atoms with E-state index in [1.165, 1.54) is 0 Å². The lowest BCUT2D eigenvalue weighted by atomic mass is 9.66. The molecule has 8 atom stereocenters. The van der Waals surface area contributed by atoms with E-state index in [1.807, 2.05) is 43.3 Å². The van der Waals surface area contributed by atoms with Gasteiger partial charge in [-0.05, 0) is 55.7 Å². The van der Waals surface area contributed by atoms with Crippen molar-refractivity contribution in [1.82, 2.24) is 0 Å². The number of fused-ring (bicyclic) bond motifs is 1. The predicted octanol–water partition coefficient (Wildman–Crippen LogP) is 3.65. The zero-order chi connectivity index (χ0) is 25.1. The van der Waals surface area contributed by atoms with Crippen LogP contribution in [0.15, 0.2) is 48.1 Å². The van der Waals surface area contributed by atoms with Gasteiger partial charge in [0.1, 0.15) is 18.0 Å². The topological polar surface area (TPSA) is 102 Å². The van der Waals surface area contributed by atoms with Crippen LogP contribution < -0.4 is 4.74 Å². The summed E-state index contributed by atoms with van der Waals surface area (Å²) in [6, 6.07) is 7.51. The molecule has 0 aromatic heterocycles. The molecule has 1 saturated heterocycles. The van der Waals surface area contributed by atoms with Crippen LogP contribution in [0.2, 0.25) is 0 Å². The summed E-state index contributed by atoms with van der Waals surface area (Å²) < 4.78 is 17.3. The van der Waals surface area contributed by atoms with E-state index in [9.17, 15) is 19.8 Å². The molecule has 2 aliphatic carbocycles. The van der Waals surface area contributed by atoms with E-state index in [2.05, 4.69) is 13.0 Å². The maximum atomic E-state index is 13.0. The molecule has 190 valence electrons. The lowest BCUT2D eigenvalue weighted by Gasteiger charge is -2.43. The Kier molecular flexibility index (Phi) is 7.97. The second-order valence-electron chi connectivity index (χ2n) is 10.2. The van der Waals surface area contributed by atoms with Crippen molar-refractivity contribution in [1.29, 1.82) is 0 Å². The van der Waals surface area contributed by atoms with Crippen LogP contribution in [0.1, 0.15) is 51.5 Å². The third-order valence-corrected chi connectivity index (χ3v) is 7.43. The maximum Gasteiger partial charge on any atom is 0.347 e. The number of cyclic esters (lactones) is 1. The van der Waals surface area contributed by atoms with Crippen molar-refractivity contribution in [2.75, 3.05) is 0 Å². The van der Waals surface area contributed by atoms with Crippen molar-refractivity contribution < 1.29 is 34.0 Å². The summed E-state index contributed by atoms with van der Waals surface area (Å²) >= 11 is 0. The highest BCUT2D eigenvalue weighted by atomic mass is 16.6. The van der Waals surface area contributed by atoms with Crippen molar-refractivity contribution in [2.45, 2.75) is 83.4 Å². The molecule has 1 aliphatic heterocycles. The van der Waals surface area contributed by atoms with Crippen LogP contribution >= 0.6 is 0 Å². The van der Waals surface area contributed by atoms with Crippen LogP contribution in [0.25, 0.3) is 0 Å². The average molecular weight is 485 g/mol. The van der Waals surface area contributed by atoms with Gasteiger partial charge in [0.05, 0.1) is 18.6 Å². The summed E-state index contributed by atoms with van der Waals surface area (Å²) in [5.74, 6) is 0.105. The molecule has 0 amide bonds. The Hall–Kier alpha value is -2.64. The Labute approximate surface area is 206 Å². The molecule has 3 aliphatic rings. The van der Waals surface area contributed by atoms with E-state index in [0.29, 0.717) is 25.0 Å². The molecule has 1 aromatic rings. The van der Waals surface area contributed by atoms with Crippen LogP contribution in [0, 0.1) is 24.7 Å². The Morgan fingerprint density at radius 1 is 1.20 bits per heavy atom. The molecule has 7 heteroatoms. The lowest BCUT2D eigenvalue weighted by Crippen LogP contribution is -2.44. The van der Waals surface area contributed by atoms with Gasteiger partial charge in [-0.2, -0.15) is 0 Å². The molecule has 35 heavy (non-hydrogen) atoms. The van der Waals surface area contributed by atoms with Gasteiger partial charge in [-0.3, -0.25) is 4.79 Å². The van der Waals surface area contributed by atoms with E-state index in [-0.39, 0.29) is 36.2 Å². The molecule has 1 heterocycles. The first-order chi connectivity index (χ1) is 16.7. The van der Waals surface area contributed by atoms with Gasteiger partial charge in [0, 0.05) is 18.8 Å². The van der Waals surface area contributed by atoms with Crippen molar-refractivity contribution in [3.05, 3.63) is 53.6 Å². The molecule has 5 unspecified atom stereocenters. The van der Waals surface area contributed by atoms with Crippen LogP contribution in [-0.2, 0) is 19.1 Å². The van der Waals surface area contributed by atoms with Gasteiger partial charge in [-0.25, -0.2) is 4.79 Å². The summed E-state index contributed by atoms with van der Waals surface area (Å²) in [6.45, 7) is 5.73. The Bertz CT molecular complexity index is 983. The van der Waals surface area contributed by atoms with E-state index in [0.717, 1.165) is 17.6 Å². The Morgan fingerprint density at radius 3 is 2.71 bits per heavy atom. The lowest BCUT2D eigenvalue weighted by molar-refractivity contribution is -0.164. The maximum absolute atomic E-state index is 13.0. The second kappa shape index (κ2) is 11.0. The summed E-state index contributed by atoms with van der Waals surface area (Å²) in [7, 11) is 0. The zero-order valence-corrected chi connectivity index (χ0v) is 20.6. The predicted molar refractivity (Wildman–Crippen MR) is 129 cm³/mol. The number of carbonyl (C=O) groups excluding carboxylic acids is 2. The molecule has 2 N–H and O–H groups in total. The molecule has 1 aromatic carbocycles. The Morgan fingerprint density at radius 2 is 1.97 bits per heavy atom. The van der Waals surface area contributed by atoms with Gasteiger partial charge < -0.3 is 24.4 Å². The molecule has 0 spiro atoms. The molecule has 7 nitrogen and oxygen atoms in total. The molecule has 4 rings (SSSR count). The van der Waals surface area contributed by atoms with Crippen molar-refractivity contribution in [2.24, 2.45) is 17.8 Å². The highest BCUT2D eigenvalue weighted by molar-refractivity contribution is 5.75. The number of benzene rings is 1. The number of esters is 2. The number of ether oxygens (including phenoxy) is 3. The van der Waals surface area contributed by atoms with Gasteiger partial charge in [-0.1, -0.05) is 43.4 Å². The molecule has 0 radical (unpaired) electrons. The van der Waals surface area contributed by atoms with E-state index >= 15 is 0 Å². The van der Waals surface area contributed by atoms with Gasteiger partial charge in [-0.15, -0.1) is 0 Å². The number of hydrogen-bond donors (Lipinski definition) is 2. The van der Waals surface area contributed by atoms with Gasteiger partial charge >= 0.3 is 11.9 Å². The monoisotopic (exact) mass is 484 g/mol. The average Bonchev–Trinajstić information content (AvgIpc) is 2.79. The molecule has 1 fully saturated rings. The summed E-state index contributed by atoms with van der Waals surface area (Å²) in [4.78, 5) is 24.8. The minimum Gasteiger partial charge on any atom is -0.479 e. The number of allylic oxidation sites excluding steroid dienone is 2. The van der Waals surface area contributed by atoms with Crippen LogP contribution in [0.5, 0.6) is 5.75 Å². The van der Waals surface area contributed by atoms with Crippen molar-refractivity contribution in [3.8, 4) is 5.75 Å². The normalized spacial score (nSPS) is 33.2. The zero-order valence-electron chi connectivity index (χ0n) is 20.6. The third kappa shape index (κ3) is 6.14. The smallest absolute Gasteiger partial charge is 0.347 e. The molecular formula is C28H36O7. The van der Waals surface area contributed by atoms with E-state index < -0.39 is 30.4 Å². The number of carbonyl (C=O) groups is 2. The van der Waals surface area contributed by atoms with Gasteiger partial charge in [0.2, 0.25) is 0 Å². The summed E-state index contributed by atoms with van der Waals surface area (Å²) in [5.41, 5.74) is 1.91. The summed E-state index contributed by atoms with van der Waals surface area (Å²) in [5, 5.41) is 20.4. The van der Waals surface area contributed by atoms with Crippen LogP contribution in [-0.4, -0.2) is 52.7 Å². The first-order valence-electron chi connectivity index (χ1n) is 12.6. The van der Waals surface area contributed by atoms with E-state index in [4.69, 9.17) is 14.2 Å². The number of hydrogen-bond acceptors (Lipinski definition) is 7. The standard InChI is InChI=1S/C28H36O7/c1-16-8-9-19-12-20(29)14-25(35-28(32)18(3)33-24-7-5-4-6-17(24)2)27(19)23(16)11-10-22-13-21(30)15-26(31)34-22/h4-9,12,16,18,20-23,25,27,29-30H,10-11,13-15H2,1-3H3/t16?,18-,20?,21+,22+,23?,25?,27?/m0/s1.